The van der Waals surface area contributed by atoms with Crippen molar-refractivity contribution in [1.82, 2.24) is 4.98 Å². The van der Waals surface area contributed by atoms with Gasteiger partial charge in [0.2, 0.25) is 5.71 Å². The van der Waals surface area contributed by atoms with Crippen LogP contribution in [0.5, 0.6) is 0 Å². The lowest BCUT2D eigenvalue weighted by molar-refractivity contribution is -0.658. The Hall–Kier alpha value is -2.56. The van der Waals surface area contributed by atoms with Crippen molar-refractivity contribution in [3.8, 4) is 0 Å². The van der Waals surface area contributed by atoms with E-state index < -0.39 is 0 Å². The smallest absolute Gasteiger partial charge is 0.405 e. The first-order chi connectivity index (χ1) is 11.1. The Morgan fingerprint density at radius 1 is 1.26 bits per heavy atom. The molecule has 5 heteroatoms. The molecular weight excluding hydrogens is 285 g/mol. The summed E-state index contributed by atoms with van der Waals surface area (Å²) in [7, 11) is 2.08. The number of pyridine rings is 2. The first-order valence-electron chi connectivity index (χ1n) is 7.88. The molecule has 23 heavy (non-hydrogen) atoms. The van der Waals surface area contributed by atoms with E-state index in [1.165, 1.54) is 17.1 Å². The van der Waals surface area contributed by atoms with Gasteiger partial charge in [-0.3, -0.25) is 4.81 Å². The van der Waals surface area contributed by atoms with Crippen molar-refractivity contribution < 1.29 is 8.98 Å². The van der Waals surface area contributed by atoms with Crippen LogP contribution in [0.25, 0.3) is 22.8 Å². The molecule has 1 aliphatic rings. The molecule has 0 saturated carbocycles. The molecule has 0 amide bonds. The lowest BCUT2D eigenvalue weighted by atomic mass is 9.61. The fourth-order valence-corrected chi connectivity index (χ4v) is 3.44. The lowest BCUT2D eigenvalue weighted by Gasteiger charge is -2.23. The number of nitrogens with zero attached hydrogens (tertiary/aromatic N) is 3. The van der Waals surface area contributed by atoms with E-state index in [2.05, 4.69) is 72.5 Å². The minimum absolute atomic E-state index is 0.219. The molecule has 0 aliphatic carbocycles. The third-order valence-electron chi connectivity index (χ3n) is 4.54. The van der Waals surface area contributed by atoms with Crippen LogP contribution in [0.4, 0.5) is 5.82 Å². The standard InChI is InChI=1S/C18H19BN3O/c1-12-7-9-21(4)16(10-12)22-13(2)17-14-6-5-8-20-18(14)23-15(17)11-19(22)3/h5-11H,1-4H3/q+1. The molecule has 4 nitrogen and oxygen atoms in total. The summed E-state index contributed by atoms with van der Waals surface area (Å²) in [5, 5.41) is 2.22. The highest BCUT2D eigenvalue weighted by Gasteiger charge is 2.33. The predicted octanol–water partition coefficient (Wildman–Crippen LogP) is 1.55. The third kappa shape index (κ3) is 2.07. The summed E-state index contributed by atoms with van der Waals surface area (Å²) in [5.74, 6) is 3.35. The number of aryl methyl sites for hydroxylation is 2. The van der Waals surface area contributed by atoms with E-state index in [9.17, 15) is 0 Å². The molecule has 4 heterocycles. The zero-order valence-corrected chi connectivity index (χ0v) is 13.9. The minimum atomic E-state index is 0.219. The Morgan fingerprint density at radius 2 is 2.09 bits per heavy atom. The van der Waals surface area contributed by atoms with E-state index in [1.807, 2.05) is 6.07 Å². The van der Waals surface area contributed by atoms with Crippen molar-refractivity contribution in [2.24, 2.45) is 7.05 Å². The molecule has 0 saturated heterocycles. The van der Waals surface area contributed by atoms with E-state index in [-0.39, 0.29) is 6.85 Å². The van der Waals surface area contributed by atoms with E-state index in [4.69, 9.17) is 4.42 Å². The Balaban J connectivity index is 2.06. The van der Waals surface area contributed by atoms with Crippen LogP contribution >= 0.6 is 0 Å². The van der Waals surface area contributed by atoms with Crippen molar-refractivity contribution in [2.75, 3.05) is 4.81 Å². The number of hydrogen-bond donors (Lipinski definition) is 0. The van der Waals surface area contributed by atoms with Gasteiger partial charge in [-0.25, -0.2) is 9.55 Å². The van der Waals surface area contributed by atoms with Crippen LogP contribution in [0.3, 0.4) is 0 Å². The van der Waals surface area contributed by atoms with Gasteiger partial charge in [0.05, 0.1) is 29.5 Å². The summed E-state index contributed by atoms with van der Waals surface area (Å²) in [5.41, 5.74) is 4.08. The summed E-state index contributed by atoms with van der Waals surface area (Å²) in [4.78, 5) is 6.71. The van der Waals surface area contributed by atoms with Gasteiger partial charge in [0.15, 0.2) is 0 Å². The summed E-state index contributed by atoms with van der Waals surface area (Å²) < 4.78 is 8.11. The lowest BCUT2D eigenvalue weighted by Crippen LogP contribution is -2.50. The average molecular weight is 304 g/mol. The number of hydrogen-bond acceptors (Lipinski definition) is 3. The van der Waals surface area contributed by atoms with Gasteiger partial charge in [0.25, 0.3) is 5.82 Å². The predicted molar refractivity (Wildman–Crippen MR) is 93.3 cm³/mol. The first-order valence-corrected chi connectivity index (χ1v) is 7.88. The molecule has 4 rings (SSSR count). The highest BCUT2D eigenvalue weighted by Crippen LogP contribution is 2.21. The van der Waals surface area contributed by atoms with Gasteiger partial charge in [0, 0.05) is 12.3 Å². The van der Waals surface area contributed by atoms with Crippen molar-refractivity contribution in [3.05, 3.63) is 52.9 Å². The molecule has 0 fully saturated rings. The van der Waals surface area contributed by atoms with Gasteiger partial charge in [-0.1, -0.05) is 0 Å². The Bertz CT molecular complexity index is 1040. The molecule has 1 aliphatic heterocycles. The molecule has 0 unspecified atom stereocenters. The Morgan fingerprint density at radius 3 is 2.91 bits per heavy atom. The SMILES string of the molecule is CB1C=c2oc3ncccc3c2=C(C)N1c1cc(C)cc[n+]1C. The van der Waals surface area contributed by atoms with Crippen LogP contribution in [-0.4, -0.2) is 11.8 Å². The summed E-state index contributed by atoms with van der Waals surface area (Å²) >= 11 is 0. The minimum Gasteiger partial charge on any atom is -0.439 e. The van der Waals surface area contributed by atoms with Crippen LogP contribution in [0, 0.1) is 6.92 Å². The van der Waals surface area contributed by atoms with Gasteiger partial charge in [0.1, 0.15) is 5.42 Å². The van der Waals surface area contributed by atoms with Crippen molar-refractivity contribution in [1.29, 1.82) is 0 Å². The monoisotopic (exact) mass is 304 g/mol. The first kappa shape index (κ1) is 14.1. The van der Waals surface area contributed by atoms with Crippen LogP contribution < -0.4 is 20.0 Å². The molecule has 0 aromatic carbocycles. The number of furan rings is 1. The van der Waals surface area contributed by atoms with E-state index in [1.54, 1.807) is 6.20 Å². The van der Waals surface area contributed by atoms with Gasteiger partial charge in [-0.2, -0.15) is 0 Å². The summed E-state index contributed by atoms with van der Waals surface area (Å²) in [6, 6.07) is 8.38. The second-order valence-corrected chi connectivity index (χ2v) is 6.23. The van der Waals surface area contributed by atoms with Crippen molar-refractivity contribution in [3.63, 3.8) is 0 Å². The normalized spacial score (nSPS) is 14.2. The summed E-state index contributed by atoms with van der Waals surface area (Å²) in [6.07, 6.45) is 3.88. The number of rotatable bonds is 1. The second-order valence-electron chi connectivity index (χ2n) is 6.23. The maximum absolute atomic E-state index is 5.95. The van der Waals surface area contributed by atoms with Crippen LogP contribution in [-0.2, 0) is 7.05 Å². The molecule has 3 aromatic rings. The van der Waals surface area contributed by atoms with Gasteiger partial charge < -0.3 is 4.42 Å². The highest BCUT2D eigenvalue weighted by molar-refractivity contribution is 6.77. The Labute approximate surface area is 135 Å². The Kier molecular flexibility index (Phi) is 3.05. The van der Waals surface area contributed by atoms with Gasteiger partial charge >= 0.3 is 6.85 Å². The molecule has 0 atom stereocenters. The largest absolute Gasteiger partial charge is 0.439 e. The average Bonchev–Trinajstić information content (AvgIpc) is 2.88. The maximum Gasteiger partial charge on any atom is 0.405 e. The van der Waals surface area contributed by atoms with E-state index >= 15 is 0 Å². The molecule has 0 bridgehead atoms. The van der Waals surface area contributed by atoms with E-state index in [0.29, 0.717) is 5.71 Å². The third-order valence-corrected chi connectivity index (χ3v) is 4.54. The number of aromatic nitrogens is 2. The molecule has 0 radical (unpaired) electrons. The zero-order valence-electron chi connectivity index (χ0n) is 13.9. The molecule has 0 N–H and O–H groups in total. The van der Waals surface area contributed by atoms with E-state index in [0.717, 1.165) is 16.0 Å². The highest BCUT2D eigenvalue weighted by atomic mass is 16.3. The topological polar surface area (TPSA) is 33.2 Å². The fourth-order valence-electron chi connectivity index (χ4n) is 3.44. The van der Waals surface area contributed by atoms with Crippen LogP contribution in [0.2, 0.25) is 6.82 Å². The van der Waals surface area contributed by atoms with Crippen LogP contribution in [0.1, 0.15) is 12.5 Å². The number of fused-ring (bicyclic) bond motifs is 3. The fraction of sp³-hybridized carbons (Fsp3) is 0.222. The molecule has 114 valence electrons. The summed E-state index contributed by atoms with van der Waals surface area (Å²) in [6.45, 7) is 6.69. The van der Waals surface area contributed by atoms with Gasteiger partial charge in [-0.15, -0.1) is 0 Å². The van der Waals surface area contributed by atoms with Crippen molar-refractivity contribution in [2.45, 2.75) is 20.7 Å². The maximum atomic E-state index is 5.95. The molecular formula is C18H19BN3O+. The number of anilines is 1. The second kappa shape index (κ2) is 4.98. The zero-order chi connectivity index (χ0) is 16.1. The quantitative estimate of drug-likeness (QED) is 0.505. The van der Waals surface area contributed by atoms with Gasteiger partial charge in [-0.05, 0) is 50.4 Å². The van der Waals surface area contributed by atoms with Crippen molar-refractivity contribution >= 4 is 35.4 Å². The molecule has 3 aromatic heterocycles. The molecule has 0 spiro atoms. The van der Waals surface area contributed by atoms with Crippen LogP contribution in [0.15, 0.2) is 41.1 Å².